The van der Waals surface area contributed by atoms with Gasteiger partial charge in [0.15, 0.2) is 6.10 Å². The first-order chi connectivity index (χ1) is 8.24. The summed E-state index contributed by atoms with van der Waals surface area (Å²) in [6.07, 6.45) is -2.13. The largest absolute Gasteiger partial charge is 0.481 e. The normalized spacial score (nSPS) is 13.0. The van der Waals surface area contributed by atoms with Gasteiger partial charge in [0, 0.05) is 6.42 Å². The van der Waals surface area contributed by atoms with Crippen LogP contribution in [0.1, 0.15) is 12.8 Å². The molecule has 14 heteroatoms. The predicted octanol–water partition coefficient (Wildman–Crippen LogP) is -2.09. The van der Waals surface area contributed by atoms with Crippen LogP contribution in [0.5, 0.6) is 0 Å². The van der Waals surface area contributed by atoms with Crippen LogP contribution < -0.4 is 0 Å². The van der Waals surface area contributed by atoms with Gasteiger partial charge in [0.2, 0.25) is 0 Å². The molecule has 0 spiro atoms. The third-order valence-corrected chi connectivity index (χ3v) is 2.46. The highest BCUT2D eigenvalue weighted by Gasteiger charge is 2.15. The van der Waals surface area contributed by atoms with E-state index in [9.17, 15) is 26.4 Å². The van der Waals surface area contributed by atoms with Crippen molar-refractivity contribution >= 4 is 32.7 Å². The van der Waals surface area contributed by atoms with Gasteiger partial charge in [-0.3, -0.25) is 13.9 Å². The van der Waals surface area contributed by atoms with Crippen LogP contribution in [0.3, 0.4) is 0 Å². The van der Waals surface area contributed by atoms with Gasteiger partial charge in [-0.05, 0) is 6.42 Å². The second-order valence-electron chi connectivity index (χ2n) is 2.71. The molecular formula is C5H10O12S2. The van der Waals surface area contributed by atoms with E-state index >= 15 is 0 Å². The van der Waals surface area contributed by atoms with Crippen molar-refractivity contribution in [1.82, 2.24) is 0 Å². The van der Waals surface area contributed by atoms with E-state index in [1.54, 1.807) is 0 Å². The van der Waals surface area contributed by atoms with Crippen molar-refractivity contribution in [2.24, 2.45) is 0 Å². The van der Waals surface area contributed by atoms with Crippen molar-refractivity contribution in [3.05, 3.63) is 0 Å². The summed E-state index contributed by atoms with van der Waals surface area (Å²) in [5, 5.41) is 24.6. The zero-order valence-corrected chi connectivity index (χ0v) is 10.5. The Hall–Kier alpha value is -1.32. The third kappa shape index (κ3) is 19.2. The molecule has 0 heterocycles. The van der Waals surface area contributed by atoms with Gasteiger partial charge < -0.3 is 15.3 Å². The van der Waals surface area contributed by atoms with Crippen LogP contribution in [-0.4, -0.2) is 59.3 Å². The van der Waals surface area contributed by atoms with Gasteiger partial charge in [0.25, 0.3) is 0 Å². The lowest BCUT2D eigenvalue weighted by atomic mass is 10.2. The first-order valence-electron chi connectivity index (χ1n) is 4.03. The molecule has 0 fully saturated rings. The summed E-state index contributed by atoms with van der Waals surface area (Å²) in [4.78, 5) is 19.7. The van der Waals surface area contributed by atoms with Gasteiger partial charge in [-0.1, -0.05) is 0 Å². The van der Waals surface area contributed by atoms with Crippen molar-refractivity contribution < 1.29 is 54.5 Å². The van der Waals surface area contributed by atoms with Crippen LogP contribution in [0, 0.1) is 0 Å². The van der Waals surface area contributed by atoms with Gasteiger partial charge in [0.05, 0.1) is 0 Å². The molecule has 0 aliphatic heterocycles. The van der Waals surface area contributed by atoms with Crippen molar-refractivity contribution in [3.8, 4) is 0 Å². The van der Waals surface area contributed by atoms with E-state index < -0.39 is 38.8 Å². The summed E-state index contributed by atoms with van der Waals surface area (Å²) in [5.41, 5.74) is 0. The maximum absolute atomic E-state index is 9.87. The maximum Gasteiger partial charge on any atom is 0.413 e. The Morgan fingerprint density at radius 3 is 1.53 bits per heavy atom. The fraction of sp³-hybridized carbons (Fsp3) is 0.600. The number of aliphatic hydroxyl groups is 1. The Morgan fingerprint density at radius 1 is 1.00 bits per heavy atom. The Morgan fingerprint density at radius 2 is 1.37 bits per heavy atom. The topological polar surface area (TPSA) is 213 Å². The molecule has 19 heavy (non-hydrogen) atoms. The average molecular weight is 326 g/mol. The molecule has 0 rings (SSSR count). The van der Waals surface area contributed by atoms with E-state index in [-0.39, 0.29) is 12.8 Å². The minimum absolute atomic E-state index is 0.245. The number of hydrogen-bond donors (Lipinski definition) is 5. The molecule has 0 aromatic carbocycles. The first kappa shape index (κ1) is 20.0. The zero-order valence-electron chi connectivity index (χ0n) is 8.90. The van der Waals surface area contributed by atoms with Gasteiger partial charge in [-0.15, -0.1) is 3.63 Å². The molecule has 0 radical (unpaired) electrons. The lowest BCUT2D eigenvalue weighted by Crippen LogP contribution is -2.20. The number of carboxylic acid groups (broad SMARTS) is 2. The van der Waals surface area contributed by atoms with Crippen molar-refractivity contribution in [2.75, 3.05) is 0 Å². The minimum atomic E-state index is -5.12. The molecule has 0 aliphatic rings. The van der Waals surface area contributed by atoms with E-state index in [0.717, 1.165) is 0 Å². The number of carbonyl (C=O) groups is 2. The summed E-state index contributed by atoms with van der Waals surface area (Å²) in [6.45, 7) is 0. The van der Waals surface area contributed by atoms with Crippen LogP contribution in [0.15, 0.2) is 0 Å². The molecule has 5 N–H and O–H groups in total. The Labute approximate surface area is 107 Å². The fourth-order valence-corrected chi connectivity index (χ4v) is 1.36. The standard InChI is InChI=1S/C5H8O5.H2O7S2/c6-3(5(9)10)1-2-4(7)8;1-8(2,3)7-9(4,5)6/h3,6H,1-2H2,(H,7,8)(H,9,10);(H,1,2,3)(H,4,5,6). The first-order valence-corrected chi connectivity index (χ1v) is 6.76. The molecule has 0 amide bonds. The number of aliphatic carboxylic acids is 2. The lowest BCUT2D eigenvalue weighted by molar-refractivity contribution is -0.147. The summed E-state index contributed by atoms with van der Waals surface area (Å²) in [7, 11) is -10.2. The molecular weight excluding hydrogens is 316 g/mol. The fourth-order valence-electron chi connectivity index (χ4n) is 0.492. The summed E-state index contributed by atoms with van der Waals surface area (Å²) < 4.78 is 55.6. The molecule has 0 aromatic heterocycles. The Balaban J connectivity index is 0. The van der Waals surface area contributed by atoms with Crippen LogP contribution >= 0.6 is 0 Å². The summed E-state index contributed by atoms with van der Waals surface area (Å²) >= 11 is 0. The second kappa shape index (κ2) is 7.97. The van der Waals surface area contributed by atoms with Gasteiger partial charge >= 0.3 is 32.7 Å². The quantitative estimate of drug-likeness (QED) is 0.332. The molecule has 1 unspecified atom stereocenters. The number of hydrogen-bond acceptors (Lipinski definition) is 8. The van der Waals surface area contributed by atoms with Crippen LogP contribution in [0.2, 0.25) is 0 Å². The molecule has 114 valence electrons. The average Bonchev–Trinajstić information content (AvgIpc) is 2.08. The molecule has 0 aliphatic carbocycles. The number of carboxylic acids is 2. The van der Waals surface area contributed by atoms with E-state index in [4.69, 9.17) is 24.4 Å². The SMILES string of the molecule is O=C(O)CCC(O)C(=O)O.O=S(=O)(O)OS(=O)(=O)O. The molecule has 12 nitrogen and oxygen atoms in total. The third-order valence-electron chi connectivity index (χ3n) is 1.09. The van der Waals surface area contributed by atoms with Crippen molar-refractivity contribution in [2.45, 2.75) is 18.9 Å². The maximum atomic E-state index is 9.87. The number of aliphatic hydroxyl groups excluding tert-OH is 1. The van der Waals surface area contributed by atoms with E-state index in [1.807, 2.05) is 0 Å². The van der Waals surface area contributed by atoms with Crippen LogP contribution in [0.4, 0.5) is 0 Å². The molecule has 1 atom stereocenters. The lowest BCUT2D eigenvalue weighted by Gasteiger charge is -2.00. The van der Waals surface area contributed by atoms with Crippen LogP contribution in [-0.2, 0) is 34.0 Å². The zero-order chi connectivity index (χ0) is 15.9. The molecule has 0 saturated heterocycles. The molecule has 0 saturated carbocycles. The second-order valence-corrected chi connectivity index (χ2v) is 4.97. The van der Waals surface area contributed by atoms with Crippen molar-refractivity contribution in [1.29, 1.82) is 0 Å². The van der Waals surface area contributed by atoms with E-state index in [0.29, 0.717) is 0 Å². The Bertz CT molecular complexity index is 470. The number of rotatable bonds is 6. The highest BCUT2D eigenvalue weighted by atomic mass is 32.3. The van der Waals surface area contributed by atoms with Gasteiger partial charge in [-0.25, -0.2) is 4.79 Å². The van der Waals surface area contributed by atoms with Gasteiger partial charge in [-0.2, -0.15) is 16.8 Å². The predicted molar refractivity (Wildman–Crippen MR) is 54.7 cm³/mol. The smallest absolute Gasteiger partial charge is 0.413 e. The van der Waals surface area contributed by atoms with Crippen LogP contribution in [0.25, 0.3) is 0 Å². The summed E-state index contributed by atoms with van der Waals surface area (Å²) in [5.74, 6) is -2.50. The van der Waals surface area contributed by atoms with E-state index in [1.165, 1.54) is 0 Å². The Kier molecular flexibility index (Phi) is 8.40. The highest BCUT2D eigenvalue weighted by molar-refractivity contribution is 7.94. The summed E-state index contributed by atoms with van der Waals surface area (Å²) in [6, 6.07) is 0. The molecule has 0 aromatic rings. The van der Waals surface area contributed by atoms with Gasteiger partial charge in [0.1, 0.15) is 0 Å². The minimum Gasteiger partial charge on any atom is -0.481 e. The monoisotopic (exact) mass is 326 g/mol. The highest BCUT2D eigenvalue weighted by Crippen LogP contribution is 1.96. The van der Waals surface area contributed by atoms with Crippen molar-refractivity contribution in [3.63, 3.8) is 0 Å². The molecule has 0 bridgehead atoms. The van der Waals surface area contributed by atoms with E-state index in [2.05, 4.69) is 3.63 Å².